The van der Waals surface area contributed by atoms with Gasteiger partial charge >= 0.3 is 0 Å². The van der Waals surface area contributed by atoms with Crippen LogP contribution in [0.2, 0.25) is 0 Å². The number of benzene rings is 2. The van der Waals surface area contributed by atoms with Crippen LogP contribution >= 0.6 is 0 Å². The minimum Gasteiger partial charge on any atom is -0.632 e. The molecule has 2 bridgehead atoms. The fourth-order valence-electron chi connectivity index (χ4n) is 7.75. The van der Waals surface area contributed by atoms with Gasteiger partial charge in [-0.2, -0.15) is 0 Å². The molecular weight excluding hydrogens is 432 g/mol. The van der Waals surface area contributed by atoms with Gasteiger partial charge in [0.25, 0.3) is 5.91 Å². The third-order valence-electron chi connectivity index (χ3n) is 9.41. The number of hydroxylamine groups is 3. The van der Waals surface area contributed by atoms with Crippen molar-refractivity contribution in [3.63, 3.8) is 0 Å². The number of amides is 1. The lowest BCUT2D eigenvalue weighted by Crippen LogP contribution is -2.81. The van der Waals surface area contributed by atoms with E-state index in [0.717, 1.165) is 24.0 Å². The fraction of sp³-hybridized carbons (Fsp3) is 0.519. The summed E-state index contributed by atoms with van der Waals surface area (Å²) in [5, 5.41) is 40.6. The van der Waals surface area contributed by atoms with Crippen LogP contribution in [-0.2, 0) is 11.8 Å². The summed E-state index contributed by atoms with van der Waals surface area (Å²) in [6, 6.07) is 11.8. The average Bonchev–Trinajstić information content (AvgIpc) is 3.56. The Kier molecular flexibility index (Phi) is 4.11. The molecule has 1 saturated heterocycles. The second-order valence-corrected chi connectivity index (χ2v) is 11.1. The van der Waals surface area contributed by atoms with E-state index < -0.39 is 23.2 Å². The molecule has 3 fully saturated rings. The van der Waals surface area contributed by atoms with Crippen LogP contribution in [-0.4, -0.2) is 57.6 Å². The first kappa shape index (κ1) is 20.7. The average molecular weight is 463 g/mol. The van der Waals surface area contributed by atoms with Crippen LogP contribution in [0.5, 0.6) is 11.5 Å². The molecule has 3 N–H and O–H groups in total. The maximum Gasteiger partial charge on any atom is 0.251 e. The van der Waals surface area contributed by atoms with Crippen LogP contribution in [0.3, 0.4) is 0 Å². The number of nitrogens with one attached hydrogen (secondary N) is 1. The van der Waals surface area contributed by atoms with Gasteiger partial charge in [-0.05, 0) is 49.4 Å². The minimum atomic E-state index is -1.23. The first-order valence-corrected chi connectivity index (χ1v) is 12.5. The van der Waals surface area contributed by atoms with E-state index in [1.807, 2.05) is 24.3 Å². The number of hydrogen-bond acceptors (Lipinski definition) is 5. The van der Waals surface area contributed by atoms with Crippen LogP contribution in [0.1, 0.15) is 53.6 Å². The molecule has 7 rings (SSSR count). The highest BCUT2D eigenvalue weighted by atomic mass is 16.6. The van der Waals surface area contributed by atoms with Crippen LogP contribution in [0.4, 0.5) is 0 Å². The molecule has 1 spiro atoms. The Labute approximate surface area is 198 Å². The Morgan fingerprint density at radius 3 is 2.71 bits per heavy atom. The third-order valence-corrected chi connectivity index (χ3v) is 9.41. The van der Waals surface area contributed by atoms with Crippen LogP contribution < -0.4 is 10.1 Å². The van der Waals surface area contributed by atoms with E-state index in [9.17, 15) is 20.2 Å². The molecule has 2 aliphatic heterocycles. The number of nitrogens with zero attached hydrogens (tertiary/aromatic N) is 1. The molecule has 5 aliphatic rings. The molecule has 34 heavy (non-hydrogen) atoms. The summed E-state index contributed by atoms with van der Waals surface area (Å²) >= 11 is 0. The summed E-state index contributed by atoms with van der Waals surface area (Å²) in [5.74, 6) is 0.766. The van der Waals surface area contributed by atoms with E-state index in [1.54, 1.807) is 18.2 Å². The van der Waals surface area contributed by atoms with Crippen molar-refractivity contribution in [2.75, 3.05) is 13.1 Å². The highest BCUT2D eigenvalue weighted by molar-refractivity contribution is 5.94. The third kappa shape index (κ3) is 2.55. The van der Waals surface area contributed by atoms with Crippen molar-refractivity contribution in [1.29, 1.82) is 0 Å². The van der Waals surface area contributed by atoms with Gasteiger partial charge in [-0.1, -0.05) is 24.3 Å². The molecule has 3 aliphatic carbocycles. The number of aliphatic hydroxyl groups is 1. The number of ether oxygens (including phenoxy) is 1. The number of carbonyl (C=O) groups excluding carboxylic acids is 1. The Morgan fingerprint density at radius 2 is 1.94 bits per heavy atom. The monoisotopic (exact) mass is 462 g/mol. The fourth-order valence-corrected chi connectivity index (χ4v) is 7.75. The van der Waals surface area contributed by atoms with Gasteiger partial charge in [0, 0.05) is 29.9 Å². The van der Waals surface area contributed by atoms with E-state index in [0.29, 0.717) is 56.0 Å². The second kappa shape index (κ2) is 6.74. The summed E-state index contributed by atoms with van der Waals surface area (Å²) < 4.78 is 6.11. The zero-order valence-corrected chi connectivity index (χ0v) is 19.1. The molecule has 7 nitrogen and oxygen atoms in total. The normalized spacial score (nSPS) is 39.2. The number of likely N-dealkylation sites (tertiary alicyclic amines) is 1. The molecule has 6 atom stereocenters. The molecular formula is C27H30N2O5. The molecule has 0 aromatic heterocycles. The van der Waals surface area contributed by atoms with Gasteiger partial charge in [0.1, 0.15) is 17.7 Å². The van der Waals surface area contributed by atoms with Gasteiger partial charge in [-0.3, -0.25) is 4.79 Å². The number of quaternary nitrogens is 1. The van der Waals surface area contributed by atoms with Crippen molar-refractivity contribution in [3.05, 3.63) is 64.4 Å². The minimum absolute atomic E-state index is 0.0582. The van der Waals surface area contributed by atoms with Gasteiger partial charge in [-0.25, -0.2) is 0 Å². The van der Waals surface area contributed by atoms with E-state index in [4.69, 9.17) is 4.74 Å². The topological polar surface area (TPSA) is 102 Å². The van der Waals surface area contributed by atoms with Crippen LogP contribution in [0, 0.1) is 11.1 Å². The number of piperidine rings is 1. The maximum atomic E-state index is 14.2. The van der Waals surface area contributed by atoms with E-state index >= 15 is 0 Å². The lowest BCUT2D eigenvalue weighted by molar-refractivity contribution is -0.924. The molecule has 178 valence electrons. The zero-order valence-electron chi connectivity index (χ0n) is 19.1. The lowest BCUT2D eigenvalue weighted by Gasteiger charge is -2.68. The standard InChI is InChI=1S/C27H30N2O5/c30-20-9-8-18-14-21-27(32)11-10-19(28-25(31)17-4-2-1-3-5-17)24-26(27,22(18)23(20)34-24)12-13-29(21,33)15-16-6-7-16/h1-5,8-9,16,19,21,24,30,32H,6-7,10-15H2,(H,28,31)/t19-,21+,24-,26-,27+,29?/m0/s1. The molecule has 7 heteroatoms. The van der Waals surface area contributed by atoms with Crippen molar-refractivity contribution >= 4 is 5.91 Å². The molecule has 2 aromatic carbocycles. The van der Waals surface area contributed by atoms with Crippen molar-refractivity contribution in [2.45, 2.75) is 67.7 Å². The van der Waals surface area contributed by atoms with Gasteiger partial charge in [0.15, 0.2) is 11.5 Å². The smallest absolute Gasteiger partial charge is 0.251 e. The van der Waals surface area contributed by atoms with E-state index in [-0.39, 0.29) is 22.3 Å². The molecule has 2 heterocycles. The quantitative estimate of drug-likeness (QED) is 0.479. The highest BCUT2D eigenvalue weighted by Gasteiger charge is 2.76. The van der Waals surface area contributed by atoms with Crippen LogP contribution in [0.25, 0.3) is 0 Å². The van der Waals surface area contributed by atoms with Crippen LogP contribution in [0.15, 0.2) is 42.5 Å². The zero-order chi connectivity index (χ0) is 23.3. The maximum absolute atomic E-state index is 14.2. The summed E-state index contributed by atoms with van der Waals surface area (Å²) in [5.41, 5.74) is 0.403. The molecule has 1 amide bonds. The summed E-state index contributed by atoms with van der Waals surface area (Å²) in [6.45, 7) is 1.00. The summed E-state index contributed by atoms with van der Waals surface area (Å²) in [4.78, 5) is 13.1. The first-order chi connectivity index (χ1) is 16.4. The van der Waals surface area contributed by atoms with Gasteiger partial charge < -0.3 is 30.1 Å². The predicted molar refractivity (Wildman–Crippen MR) is 124 cm³/mol. The van der Waals surface area contributed by atoms with Crippen molar-refractivity contribution < 1.29 is 24.4 Å². The Balaban J connectivity index is 1.33. The Morgan fingerprint density at radius 1 is 1.15 bits per heavy atom. The Hall–Kier alpha value is -2.61. The summed E-state index contributed by atoms with van der Waals surface area (Å²) in [6.07, 6.45) is 3.61. The largest absolute Gasteiger partial charge is 0.632 e. The number of aromatic hydroxyl groups is 1. The van der Waals surface area contributed by atoms with Crippen molar-refractivity contribution in [3.8, 4) is 11.5 Å². The SMILES string of the molecule is O=C(N[C@H]1CC[C@@]2(O)[C@H]3Cc4ccc(O)c5c4[C@@]2(CC[N+]3([O-])CC2CC2)[C@H]1O5)c1ccccc1. The number of phenols is 1. The molecule has 2 aromatic rings. The number of rotatable bonds is 4. The molecule has 1 unspecified atom stereocenters. The van der Waals surface area contributed by atoms with Gasteiger partial charge in [0.2, 0.25) is 0 Å². The summed E-state index contributed by atoms with van der Waals surface area (Å²) in [7, 11) is 0. The number of phenolic OH excluding ortho intramolecular Hbond substituents is 1. The van der Waals surface area contributed by atoms with Crippen molar-refractivity contribution in [2.24, 2.45) is 5.92 Å². The second-order valence-electron chi connectivity index (χ2n) is 11.1. The van der Waals surface area contributed by atoms with Gasteiger partial charge in [-0.15, -0.1) is 0 Å². The van der Waals surface area contributed by atoms with E-state index in [1.165, 1.54) is 0 Å². The lowest BCUT2D eigenvalue weighted by atomic mass is 9.48. The predicted octanol–water partition coefficient (Wildman–Crippen LogP) is 2.77. The molecule has 2 saturated carbocycles. The van der Waals surface area contributed by atoms with Crippen molar-refractivity contribution in [1.82, 2.24) is 5.32 Å². The number of hydrogen-bond donors (Lipinski definition) is 3. The Bertz CT molecular complexity index is 1180. The van der Waals surface area contributed by atoms with Gasteiger partial charge in [0.05, 0.1) is 24.5 Å². The number of carbonyl (C=O) groups is 1. The molecule has 0 radical (unpaired) electrons. The first-order valence-electron chi connectivity index (χ1n) is 12.5. The highest BCUT2D eigenvalue weighted by Crippen LogP contribution is 2.66. The van der Waals surface area contributed by atoms with E-state index in [2.05, 4.69) is 5.32 Å².